The number of hydrogen-bond acceptors (Lipinski definition) is 5. The number of benzene rings is 1. The zero-order valence-corrected chi connectivity index (χ0v) is 10.2. The first-order valence-electron chi connectivity index (χ1n) is 5.56. The summed E-state index contributed by atoms with van der Waals surface area (Å²) >= 11 is 0. The number of nitro benzene ring substituents is 1. The van der Waals surface area contributed by atoms with E-state index in [1.807, 2.05) is 0 Å². The summed E-state index contributed by atoms with van der Waals surface area (Å²) in [5.74, 6) is -0.849. The Morgan fingerprint density at radius 2 is 2.32 bits per heavy atom. The molecule has 2 aromatic rings. The molecular weight excluding hydrogens is 253 g/mol. The molecule has 0 spiro atoms. The molecule has 0 aliphatic heterocycles. The molecule has 1 aromatic heterocycles. The van der Waals surface area contributed by atoms with Gasteiger partial charge in [-0.1, -0.05) is 11.3 Å². The molecule has 100 valence electrons. The number of halogens is 1. The third-order valence-electron chi connectivity index (χ3n) is 2.50. The minimum Gasteiger partial charge on any atom is -0.314 e. The summed E-state index contributed by atoms with van der Waals surface area (Å²) in [6, 6.07) is 3.79. The van der Waals surface area contributed by atoms with Crippen LogP contribution >= 0.6 is 0 Å². The van der Waals surface area contributed by atoms with Crippen LogP contribution in [0.3, 0.4) is 0 Å². The Hall–Kier alpha value is -2.35. The van der Waals surface area contributed by atoms with Gasteiger partial charge in [0.15, 0.2) is 0 Å². The highest BCUT2D eigenvalue weighted by atomic mass is 19.1. The molecule has 0 amide bonds. The van der Waals surface area contributed by atoms with E-state index in [1.165, 1.54) is 6.07 Å². The van der Waals surface area contributed by atoms with Crippen LogP contribution in [-0.2, 0) is 13.1 Å². The van der Waals surface area contributed by atoms with Crippen LogP contribution in [0.1, 0.15) is 11.3 Å². The summed E-state index contributed by atoms with van der Waals surface area (Å²) in [7, 11) is 1.80. The Labute approximate surface area is 108 Å². The van der Waals surface area contributed by atoms with Crippen molar-refractivity contribution in [2.24, 2.45) is 0 Å². The average Bonchev–Trinajstić information content (AvgIpc) is 2.76. The van der Waals surface area contributed by atoms with Crippen molar-refractivity contribution in [3.05, 3.63) is 51.6 Å². The average molecular weight is 265 g/mol. The molecule has 0 unspecified atom stereocenters. The molecule has 19 heavy (non-hydrogen) atoms. The van der Waals surface area contributed by atoms with Crippen molar-refractivity contribution >= 4 is 5.69 Å². The smallest absolute Gasteiger partial charge is 0.304 e. The largest absolute Gasteiger partial charge is 0.314 e. The van der Waals surface area contributed by atoms with Gasteiger partial charge in [0.25, 0.3) is 0 Å². The molecule has 0 saturated heterocycles. The maximum Gasteiger partial charge on any atom is 0.304 e. The zero-order valence-electron chi connectivity index (χ0n) is 10.2. The van der Waals surface area contributed by atoms with Gasteiger partial charge < -0.3 is 5.32 Å². The SMILES string of the molecule is CNCc1cn(Cc2ccc([N+](=O)[O-])c(F)c2)nn1. The molecule has 8 heteroatoms. The van der Waals surface area contributed by atoms with Crippen LogP contribution in [-0.4, -0.2) is 27.0 Å². The second-order valence-electron chi connectivity index (χ2n) is 3.98. The highest BCUT2D eigenvalue weighted by Gasteiger charge is 2.14. The summed E-state index contributed by atoms with van der Waals surface area (Å²) in [6.45, 7) is 0.903. The van der Waals surface area contributed by atoms with Crippen LogP contribution in [0.15, 0.2) is 24.4 Å². The third-order valence-corrected chi connectivity index (χ3v) is 2.50. The zero-order chi connectivity index (χ0) is 13.8. The Kier molecular flexibility index (Phi) is 3.81. The topological polar surface area (TPSA) is 85.9 Å². The van der Waals surface area contributed by atoms with Crippen molar-refractivity contribution in [2.75, 3.05) is 7.05 Å². The van der Waals surface area contributed by atoms with Gasteiger partial charge in [0.05, 0.1) is 23.4 Å². The number of nitrogens with zero attached hydrogens (tertiary/aromatic N) is 4. The highest BCUT2D eigenvalue weighted by molar-refractivity contribution is 5.35. The van der Waals surface area contributed by atoms with Crippen LogP contribution in [0, 0.1) is 15.9 Å². The van der Waals surface area contributed by atoms with E-state index in [-0.39, 0.29) is 0 Å². The van der Waals surface area contributed by atoms with Gasteiger partial charge in [0.2, 0.25) is 5.82 Å². The first-order chi connectivity index (χ1) is 9.10. The Bertz CT molecular complexity index is 599. The van der Waals surface area contributed by atoms with E-state index in [9.17, 15) is 14.5 Å². The maximum absolute atomic E-state index is 13.4. The van der Waals surface area contributed by atoms with Gasteiger partial charge in [-0.3, -0.25) is 10.1 Å². The van der Waals surface area contributed by atoms with Gasteiger partial charge in [-0.2, -0.15) is 4.39 Å². The van der Waals surface area contributed by atoms with Crippen LogP contribution in [0.25, 0.3) is 0 Å². The second-order valence-corrected chi connectivity index (χ2v) is 3.98. The molecule has 2 rings (SSSR count). The first kappa shape index (κ1) is 13.1. The van der Waals surface area contributed by atoms with Crippen molar-refractivity contribution in [3.63, 3.8) is 0 Å². The normalized spacial score (nSPS) is 10.6. The molecule has 1 aromatic carbocycles. The van der Waals surface area contributed by atoms with Gasteiger partial charge in [-0.15, -0.1) is 5.10 Å². The maximum atomic E-state index is 13.4. The van der Waals surface area contributed by atoms with E-state index in [1.54, 1.807) is 17.9 Å². The fraction of sp³-hybridized carbons (Fsp3) is 0.273. The first-order valence-corrected chi connectivity index (χ1v) is 5.56. The second kappa shape index (κ2) is 5.53. The van der Waals surface area contributed by atoms with Crippen molar-refractivity contribution < 1.29 is 9.31 Å². The van der Waals surface area contributed by atoms with E-state index < -0.39 is 16.4 Å². The van der Waals surface area contributed by atoms with Gasteiger partial charge in [-0.25, -0.2) is 4.68 Å². The van der Waals surface area contributed by atoms with Gasteiger partial charge >= 0.3 is 5.69 Å². The molecule has 7 nitrogen and oxygen atoms in total. The lowest BCUT2D eigenvalue weighted by Gasteiger charge is -2.01. The molecule has 1 N–H and O–H groups in total. The van der Waals surface area contributed by atoms with E-state index in [2.05, 4.69) is 15.6 Å². The standard InChI is InChI=1S/C11H12FN5O2/c1-13-5-9-7-16(15-14-9)6-8-2-3-11(17(18)19)10(12)4-8/h2-4,7,13H,5-6H2,1H3. The molecule has 0 saturated carbocycles. The van der Waals surface area contributed by atoms with Gasteiger partial charge in [-0.05, 0) is 18.7 Å². The summed E-state index contributed by atoms with van der Waals surface area (Å²) in [6.07, 6.45) is 1.73. The molecule has 0 bridgehead atoms. The molecule has 0 atom stereocenters. The van der Waals surface area contributed by atoms with E-state index in [0.717, 1.165) is 17.8 Å². The fourth-order valence-corrected chi connectivity index (χ4v) is 1.66. The Balaban J connectivity index is 2.14. The number of nitrogens with one attached hydrogen (secondary N) is 1. The van der Waals surface area contributed by atoms with E-state index in [4.69, 9.17) is 0 Å². The fourth-order valence-electron chi connectivity index (χ4n) is 1.66. The Morgan fingerprint density at radius 3 is 2.95 bits per heavy atom. The van der Waals surface area contributed by atoms with Crippen molar-refractivity contribution in [2.45, 2.75) is 13.1 Å². The minimum absolute atomic E-state index is 0.311. The molecule has 0 fully saturated rings. The quantitative estimate of drug-likeness (QED) is 0.646. The lowest BCUT2D eigenvalue weighted by molar-refractivity contribution is -0.387. The summed E-state index contributed by atoms with van der Waals surface area (Å²) in [4.78, 5) is 9.75. The summed E-state index contributed by atoms with van der Waals surface area (Å²) in [5, 5.41) is 21.2. The molecule has 0 aliphatic rings. The third kappa shape index (κ3) is 3.10. The molecule has 1 heterocycles. The molecular formula is C11H12FN5O2. The van der Waals surface area contributed by atoms with Crippen molar-refractivity contribution in [1.82, 2.24) is 20.3 Å². The molecule has 0 aliphatic carbocycles. The summed E-state index contributed by atoms with van der Waals surface area (Å²) in [5.41, 5.74) is 0.826. The van der Waals surface area contributed by atoms with Gasteiger partial charge in [0.1, 0.15) is 0 Å². The van der Waals surface area contributed by atoms with Crippen LogP contribution in [0.5, 0.6) is 0 Å². The van der Waals surface area contributed by atoms with Gasteiger partial charge in [0, 0.05) is 12.6 Å². The minimum atomic E-state index is -0.849. The van der Waals surface area contributed by atoms with Crippen LogP contribution in [0.4, 0.5) is 10.1 Å². The lowest BCUT2D eigenvalue weighted by Crippen LogP contribution is -2.05. The number of rotatable bonds is 5. The molecule has 0 radical (unpaired) electrons. The monoisotopic (exact) mass is 265 g/mol. The number of hydrogen-bond donors (Lipinski definition) is 1. The highest BCUT2D eigenvalue weighted by Crippen LogP contribution is 2.18. The van der Waals surface area contributed by atoms with Crippen molar-refractivity contribution in [3.8, 4) is 0 Å². The Morgan fingerprint density at radius 1 is 1.53 bits per heavy atom. The van der Waals surface area contributed by atoms with Crippen LogP contribution in [0.2, 0.25) is 0 Å². The number of nitro groups is 1. The predicted molar refractivity (Wildman–Crippen MR) is 64.9 cm³/mol. The van der Waals surface area contributed by atoms with Crippen LogP contribution < -0.4 is 5.32 Å². The van der Waals surface area contributed by atoms with Crippen molar-refractivity contribution in [1.29, 1.82) is 0 Å². The van der Waals surface area contributed by atoms with E-state index in [0.29, 0.717) is 18.7 Å². The lowest BCUT2D eigenvalue weighted by atomic mass is 10.2. The van der Waals surface area contributed by atoms with E-state index >= 15 is 0 Å². The predicted octanol–water partition coefficient (Wildman–Crippen LogP) is 1.09. The number of aromatic nitrogens is 3. The summed E-state index contributed by atoms with van der Waals surface area (Å²) < 4.78 is 15.0.